The van der Waals surface area contributed by atoms with Crippen LogP contribution in [0.4, 0.5) is 5.69 Å². The molecule has 0 aliphatic carbocycles. The SMILES string of the molecule is Clc1cccc(-c2noc(CCN3CCC(Nc4ccccc4)CC3)n2)c1. The van der Waals surface area contributed by atoms with Crippen LogP contribution in [0, 0.1) is 0 Å². The molecule has 4 rings (SSSR count). The zero-order chi connectivity index (χ0) is 18.5. The Bertz CT molecular complexity index is 859. The molecule has 0 atom stereocenters. The fraction of sp³-hybridized carbons (Fsp3) is 0.333. The van der Waals surface area contributed by atoms with Gasteiger partial charge in [-0.1, -0.05) is 47.1 Å². The fourth-order valence-electron chi connectivity index (χ4n) is 3.43. The second-order valence-electron chi connectivity index (χ2n) is 6.90. The Morgan fingerprint density at radius 2 is 1.89 bits per heavy atom. The zero-order valence-electron chi connectivity index (χ0n) is 15.1. The average molecular weight is 383 g/mol. The number of benzene rings is 2. The van der Waals surface area contributed by atoms with Gasteiger partial charge in [-0.2, -0.15) is 4.98 Å². The van der Waals surface area contributed by atoms with E-state index in [1.54, 1.807) is 0 Å². The summed E-state index contributed by atoms with van der Waals surface area (Å²) >= 11 is 6.03. The molecule has 0 amide bonds. The first-order chi connectivity index (χ1) is 13.3. The first kappa shape index (κ1) is 18.0. The van der Waals surface area contributed by atoms with Crippen LogP contribution >= 0.6 is 11.6 Å². The standard InChI is InChI=1S/C21H23ClN4O/c22-17-6-4-5-16(15-17)21-24-20(27-25-21)11-14-26-12-9-19(10-13-26)23-18-7-2-1-3-8-18/h1-8,15,19,23H,9-14H2. The molecule has 2 heterocycles. The molecular formula is C21H23ClN4O. The van der Waals surface area contributed by atoms with Gasteiger partial charge in [-0.25, -0.2) is 0 Å². The molecule has 1 aliphatic heterocycles. The quantitative estimate of drug-likeness (QED) is 0.679. The van der Waals surface area contributed by atoms with E-state index in [4.69, 9.17) is 16.1 Å². The maximum absolute atomic E-state index is 6.03. The Balaban J connectivity index is 1.25. The number of nitrogens with one attached hydrogen (secondary N) is 1. The highest BCUT2D eigenvalue weighted by atomic mass is 35.5. The third-order valence-electron chi connectivity index (χ3n) is 4.92. The zero-order valence-corrected chi connectivity index (χ0v) is 15.9. The smallest absolute Gasteiger partial charge is 0.228 e. The Morgan fingerprint density at radius 1 is 1.07 bits per heavy atom. The number of piperidine rings is 1. The van der Waals surface area contributed by atoms with Crippen LogP contribution in [0.5, 0.6) is 0 Å². The average Bonchev–Trinajstić information content (AvgIpc) is 3.17. The number of hydrogen-bond acceptors (Lipinski definition) is 5. The van der Waals surface area contributed by atoms with Crippen LogP contribution < -0.4 is 5.32 Å². The Morgan fingerprint density at radius 3 is 2.67 bits per heavy atom. The van der Waals surface area contributed by atoms with Gasteiger partial charge in [0, 0.05) is 48.4 Å². The van der Waals surface area contributed by atoms with Gasteiger partial charge in [0.15, 0.2) is 0 Å². The minimum Gasteiger partial charge on any atom is -0.382 e. The topological polar surface area (TPSA) is 54.2 Å². The summed E-state index contributed by atoms with van der Waals surface area (Å²) in [6.07, 6.45) is 3.06. The van der Waals surface area contributed by atoms with Crippen LogP contribution in [-0.2, 0) is 6.42 Å². The lowest BCUT2D eigenvalue weighted by Crippen LogP contribution is -2.40. The summed E-state index contributed by atoms with van der Waals surface area (Å²) in [7, 11) is 0. The highest BCUT2D eigenvalue weighted by Crippen LogP contribution is 2.20. The molecule has 5 nitrogen and oxygen atoms in total. The normalized spacial score (nSPS) is 15.7. The summed E-state index contributed by atoms with van der Waals surface area (Å²) in [5.41, 5.74) is 2.08. The predicted octanol–water partition coefficient (Wildman–Crippen LogP) is 4.51. The first-order valence-corrected chi connectivity index (χ1v) is 9.76. The maximum atomic E-state index is 6.03. The number of nitrogens with zero attached hydrogens (tertiary/aromatic N) is 3. The van der Waals surface area contributed by atoms with Crippen molar-refractivity contribution >= 4 is 17.3 Å². The van der Waals surface area contributed by atoms with Gasteiger partial charge in [0.25, 0.3) is 0 Å². The van der Waals surface area contributed by atoms with Crippen molar-refractivity contribution in [1.82, 2.24) is 15.0 Å². The van der Waals surface area contributed by atoms with Crippen molar-refractivity contribution < 1.29 is 4.52 Å². The number of para-hydroxylation sites is 1. The van der Waals surface area contributed by atoms with E-state index in [0.29, 0.717) is 22.8 Å². The van der Waals surface area contributed by atoms with Gasteiger partial charge in [-0.15, -0.1) is 0 Å². The molecule has 0 unspecified atom stereocenters. The van der Waals surface area contributed by atoms with E-state index >= 15 is 0 Å². The van der Waals surface area contributed by atoms with E-state index in [9.17, 15) is 0 Å². The van der Waals surface area contributed by atoms with Gasteiger partial charge < -0.3 is 14.7 Å². The first-order valence-electron chi connectivity index (χ1n) is 9.39. The van der Waals surface area contributed by atoms with Crippen molar-refractivity contribution in [3.8, 4) is 11.4 Å². The molecular weight excluding hydrogens is 360 g/mol. The summed E-state index contributed by atoms with van der Waals surface area (Å²) < 4.78 is 5.41. The summed E-state index contributed by atoms with van der Waals surface area (Å²) in [5, 5.41) is 8.37. The van der Waals surface area contributed by atoms with Crippen molar-refractivity contribution in [3.63, 3.8) is 0 Å². The monoisotopic (exact) mass is 382 g/mol. The molecule has 1 aromatic heterocycles. The Labute approximate surface area is 164 Å². The van der Waals surface area contributed by atoms with Crippen LogP contribution in [0.25, 0.3) is 11.4 Å². The van der Waals surface area contributed by atoms with Crippen LogP contribution in [0.15, 0.2) is 59.1 Å². The summed E-state index contributed by atoms with van der Waals surface area (Å²) in [5.74, 6) is 1.27. The molecule has 1 N–H and O–H groups in total. The number of rotatable bonds is 6. The van der Waals surface area contributed by atoms with E-state index in [0.717, 1.165) is 44.5 Å². The van der Waals surface area contributed by atoms with Crippen LogP contribution in [-0.4, -0.2) is 40.7 Å². The van der Waals surface area contributed by atoms with Crippen LogP contribution in [0.3, 0.4) is 0 Å². The second-order valence-corrected chi connectivity index (χ2v) is 7.33. The number of hydrogen-bond donors (Lipinski definition) is 1. The molecule has 27 heavy (non-hydrogen) atoms. The lowest BCUT2D eigenvalue weighted by molar-refractivity contribution is 0.214. The lowest BCUT2D eigenvalue weighted by Gasteiger charge is -2.32. The molecule has 0 bridgehead atoms. The van der Waals surface area contributed by atoms with E-state index in [-0.39, 0.29) is 0 Å². The van der Waals surface area contributed by atoms with Gasteiger partial charge in [-0.05, 0) is 37.1 Å². The van der Waals surface area contributed by atoms with E-state index < -0.39 is 0 Å². The van der Waals surface area contributed by atoms with Gasteiger partial charge >= 0.3 is 0 Å². The van der Waals surface area contributed by atoms with Crippen molar-refractivity contribution in [2.75, 3.05) is 25.0 Å². The molecule has 3 aromatic rings. The molecule has 1 fully saturated rings. The third-order valence-corrected chi connectivity index (χ3v) is 5.16. The summed E-state index contributed by atoms with van der Waals surface area (Å²) in [6, 6.07) is 18.5. The number of likely N-dealkylation sites (tertiary alicyclic amines) is 1. The highest BCUT2D eigenvalue weighted by Gasteiger charge is 2.19. The van der Waals surface area contributed by atoms with Gasteiger partial charge in [0.2, 0.25) is 11.7 Å². The molecule has 140 valence electrons. The van der Waals surface area contributed by atoms with Gasteiger partial charge in [-0.3, -0.25) is 0 Å². The summed E-state index contributed by atoms with van der Waals surface area (Å²) in [6.45, 7) is 3.11. The molecule has 6 heteroatoms. The van der Waals surface area contributed by atoms with Crippen LogP contribution in [0.1, 0.15) is 18.7 Å². The molecule has 0 saturated carbocycles. The maximum Gasteiger partial charge on any atom is 0.228 e. The minimum atomic E-state index is 0.543. The lowest BCUT2D eigenvalue weighted by atomic mass is 10.0. The van der Waals surface area contributed by atoms with Gasteiger partial charge in [0.1, 0.15) is 0 Å². The van der Waals surface area contributed by atoms with E-state index in [1.165, 1.54) is 5.69 Å². The third kappa shape index (κ3) is 4.87. The Kier molecular flexibility index (Phi) is 5.70. The molecule has 2 aromatic carbocycles. The van der Waals surface area contributed by atoms with Crippen molar-refractivity contribution in [2.24, 2.45) is 0 Å². The molecule has 1 aliphatic rings. The highest BCUT2D eigenvalue weighted by molar-refractivity contribution is 6.30. The number of anilines is 1. The Hall–Kier alpha value is -2.37. The van der Waals surface area contributed by atoms with E-state index in [1.807, 2.05) is 30.3 Å². The van der Waals surface area contributed by atoms with Crippen LogP contribution in [0.2, 0.25) is 5.02 Å². The molecule has 0 radical (unpaired) electrons. The minimum absolute atomic E-state index is 0.543. The second kappa shape index (κ2) is 8.55. The predicted molar refractivity (Wildman–Crippen MR) is 108 cm³/mol. The van der Waals surface area contributed by atoms with Gasteiger partial charge in [0.05, 0.1) is 0 Å². The van der Waals surface area contributed by atoms with Crippen molar-refractivity contribution in [1.29, 1.82) is 0 Å². The fourth-order valence-corrected chi connectivity index (χ4v) is 3.62. The number of aromatic nitrogens is 2. The van der Waals surface area contributed by atoms with E-state index in [2.05, 4.69) is 44.6 Å². The van der Waals surface area contributed by atoms with Crippen molar-refractivity contribution in [2.45, 2.75) is 25.3 Å². The number of halogens is 1. The summed E-state index contributed by atoms with van der Waals surface area (Å²) in [4.78, 5) is 6.97. The largest absolute Gasteiger partial charge is 0.382 e. The molecule has 0 spiro atoms. The van der Waals surface area contributed by atoms with Crippen molar-refractivity contribution in [3.05, 3.63) is 65.5 Å². The molecule has 1 saturated heterocycles.